The molecule has 17 rings (SSSR count). The molecule has 0 amide bonds. The third-order valence-electron chi connectivity index (χ3n) is 19.5. The van der Waals surface area contributed by atoms with Crippen LogP contribution in [0.3, 0.4) is 0 Å². The number of furan rings is 3. The zero-order valence-corrected chi connectivity index (χ0v) is 48.4. The highest BCUT2D eigenvalue weighted by atomic mass is 16.4. The highest BCUT2D eigenvalue weighted by molar-refractivity contribution is 6.18. The molecular weight excluding hydrogens is 1060 g/mol. The number of hydrogen-bond donors (Lipinski definition) is 1. The van der Waals surface area contributed by atoms with Crippen molar-refractivity contribution in [3.63, 3.8) is 0 Å². The molecule has 418 valence electrons. The molecule has 5 atom stereocenters. The van der Waals surface area contributed by atoms with E-state index in [1.165, 1.54) is 22.3 Å². The summed E-state index contributed by atoms with van der Waals surface area (Å²) in [6.45, 7) is 6.91. The van der Waals surface area contributed by atoms with Crippen molar-refractivity contribution in [2.24, 2.45) is 17.8 Å². The molecule has 9 aromatic carbocycles. The normalized spacial score (nSPS) is 19.6. The molecule has 5 unspecified atom stereocenters. The van der Waals surface area contributed by atoms with Crippen LogP contribution in [0.4, 0.5) is 40.0 Å². The lowest BCUT2D eigenvalue weighted by atomic mass is 9.46. The summed E-state index contributed by atoms with van der Waals surface area (Å²) in [5.41, 5.74) is 26.1. The Labute approximate surface area is 504 Å². The van der Waals surface area contributed by atoms with Gasteiger partial charge in [0.05, 0.1) is 28.1 Å². The van der Waals surface area contributed by atoms with Crippen LogP contribution in [0.25, 0.3) is 83.3 Å². The second kappa shape index (κ2) is 19.5. The molecule has 7 nitrogen and oxygen atoms in total. The lowest BCUT2D eigenvalue weighted by Crippen LogP contribution is -2.53. The van der Waals surface area contributed by atoms with E-state index in [1.54, 1.807) is 6.20 Å². The van der Waals surface area contributed by atoms with Crippen LogP contribution in [0.2, 0.25) is 0 Å². The summed E-state index contributed by atoms with van der Waals surface area (Å²) in [5.74, 6) is 0.666. The molecule has 87 heavy (non-hydrogen) atoms. The van der Waals surface area contributed by atoms with Gasteiger partial charge in [0, 0.05) is 68.0 Å². The minimum absolute atomic E-state index is 0.0479. The fraction of sp³-hybridized carbons (Fsp3) is 0.113. The first kappa shape index (κ1) is 50.8. The number of hydrogen-bond acceptors (Lipinski definition) is 7. The number of para-hydroxylation sites is 2. The van der Waals surface area contributed by atoms with Gasteiger partial charge in [0.1, 0.15) is 11.2 Å². The van der Waals surface area contributed by atoms with Crippen LogP contribution in [0.1, 0.15) is 54.5 Å². The van der Waals surface area contributed by atoms with Crippen LogP contribution in [-0.2, 0) is 10.8 Å². The van der Waals surface area contributed by atoms with Gasteiger partial charge >= 0.3 is 0 Å². The van der Waals surface area contributed by atoms with Gasteiger partial charge in [-0.3, -0.25) is 0 Å². The second-order valence-electron chi connectivity index (χ2n) is 24.3. The van der Waals surface area contributed by atoms with Crippen molar-refractivity contribution in [3.8, 4) is 22.3 Å². The van der Waals surface area contributed by atoms with Gasteiger partial charge in [0.25, 0.3) is 0 Å². The minimum atomic E-state index is -0.523. The van der Waals surface area contributed by atoms with Crippen LogP contribution in [0, 0.1) is 17.8 Å². The fourth-order valence-electron chi connectivity index (χ4n) is 15.9. The topological polar surface area (TPSA) is 84.8 Å². The Bertz CT molecular complexity index is 5110. The summed E-state index contributed by atoms with van der Waals surface area (Å²) in [4.78, 5) is 9.47. The lowest BCUT2D eigenvalue weighted by Gasteiger charge is -2.56. The Morgan fingerprint density at radius 1 is 0.471 bits per heavy atom. The largest absolute Gasteiger partial charge is 0.456 e. The van der Waals surface area contributed by atoms with Gasteiger partial charge in [0.15, 0.2) is 17.1 Å². The minimum Gasteiger partial charge on any atom is -0.456 e. The van der Waals surface area contributed by atoms with E-state index in [-0.39, 0.29) is 29.1 Å². The zero-order chi connectivity index (χ0) is 58.1. The Balaban J connectivity index is 1.00. The second-order valence-corrected chi connectivity index (χ2v) is 24.3. The average molecular weight is 1130 g/mol. The van der Waals surface area contributed by atoms with E-state index in [9.17, 15) is 0 Å². The van der Waals surface area contributed by atoms with E-state index in [0.717, 1.165) is 106 Å². The van der Waals surface area contributed by atoms with Crippen LogP contribution in [-0.4, -0.2) is 4.98 Å². The lowest BCUT2D eigenvalue weighted by molar-refractivity contribution is 0.163. The number of fused-ring (bicyclic) bond motifs is 16. The number of nitrogens with two attached hydrogens (primary N) is 1. The van der Waals surface area contributed by atoms with E-state index in [2.05, 4.69) is 279 Å². The SMILES string of the molecule is C/C=C\c1c(N)oc2c(N(c3cccc(-c4ccccc4)c3)c3c4c(cc5oc6cc(N(c7cccc(-c8ccccc8)c7)c7cccc8c7oc7ncccc78)ccc6c35)C3(c5ccccc5C(C)(C)C5C=CC=CC53)C3C=CC=CC43)cccc12. The summed E-state index contributed by atoms with van der Waals surface area (Å²) in [5, 5.41) is 4.88. The maximum Gasteiger partial charge on any atom is 0.227 e. The van der Waals surface area contributed by atoms with Gasteiger partial charge < -0.3 is 28.8 Å². The Morgan fingerprint density at radius 2 is 1.07 bits per heavy atom. The van der Waals surface area contributed by atoms with Gasteiger partial charge in [-0.15, -0.1) is 0 Å². The first-order valence-corrected chi connectivity index (χ1v) is 30.2. The van der Waals surface area contributed by atoms with Crippen molar-refractivity contribution >= 4 is 101 Å². The molecule has 0 saturated carbocycles. The number of allylic oxidation sites excluding steroid dienone is 9. The molecule has 2 N–H and O–H groups in total. The highest BCUT2D eigenvalue weighted by Crippen LogP contribution is 2.70. The van der Waals surface area contributed by atoms with Crippen molar-refractivity contribution < 1.29 is 13.3 Å². The molecular formula is C80H60N4O3. The van der Waals surface area contributed by atoms with Crippen molar-refractivity contribution in [3.05, 3.63) is 295 Å². The number of nitrogen functional groups attached to an aromatic ring is 1. The predicted molar refractivity (Wildman–Crippen MR) is 358 cm³/mol. The van der Waals surface area contributed by atoms with Gasteiger partial charge in [0.2, 0.25) is 5.71 Å². The number of aromatic nitrogens is 1. The predicted octanol–water partition coefficient (Wildman–Crippen LogP) is 21.3. The van der Waals surface area contributed by atoms with Crippen LogP contribution in [0.5, 0.6) is 0 Å². The smallest absolute Gasteiger partial charge is 0.227 e. The maximum absolute atomic E-state index is 7.71. The third-order valence-corrected chi connectivity index (χ3v) is 19.5. The Hall–Kier alpha value is -10.6. The number of benzene rings is 9. The number of nitrogens with zero attached hydrogens (tertiary/aromatic N) is 3. The molecule has 4 heterocycles. The van der Waals surface area contributed by atoms with Gasteiger partial charge in [-0.05, 0) is 135 Å². The molecule has 0 aliphatic heterocycles. The Morgan fingerprint density at radius 3 is 1.80 bits per heavy atom. The molecule has 4 aliphatic rings. The van der Waals surface area contributed by atoms with Crippen molar-refractivity contribution in [2.45, 2.75) is 37.5 Å². The summed E-state index contributed by atoms with van der Waals surface area (Å²) in [7, 11) is 0. The highest BCUT2D eigenvalue weighted by Gasteiger charge is 2.63. The average Bonchev–Trinajstić information content (AvgIpc) is 1.56. The Kier molecular flexibility index (Phi) is 11.4. The van der Waals surface area contributed by atoms with E-state index >= 15 is 0 Å². The molecule has 4 aromatic heterocycles. The zero-order valence-electron chi connectivity index (χ0n) is 48.4. The quantitative estimate of drug-likeness (QED) is 0.154. The summed E-state index contributed by atoms with van der Waals surface area (Å²) in [6.07, 6.45) is 25.0. The molecule has 13 aromatic rings. The van der Waals surface area contributed by atoms with Crippen molar-refractivity contribution in [2.75, 3.05) is 15.5 Å². The molecule has 0 fully saturated rings. The summed E-state index contributed by atoms with van der Waals surface area (Å²) in [6, 6.07) is 74.3. The molecule has 0 bridgehead atoms. The molecule has 4 aliphatic carbocycles. The van der Waals surface area contributed by atoms with Crippen molar-refractivity contribution in [1.82, 2.24) is 4.98 Å². The van der Waals surface area contributed by atoms with Gasteiger partial charge in [-0.2, -0.15) is 0 Å². The first-order valence-electron chi connectivity index (χ1n) is 30.2. The molecule has 0 radical (unpaired) electrons. The summed E-state index contributed by atoms with van der Waals surface area (Å²) < 4.78 is 21.4. The van der Waals surface area contributed by atoms with Gasteiger partial charge in [-0.1, -0.05) is 208 Å². The van der Waals surface area contributed by atoms with Crippen molar-refractivity contribution in [1.29, 1.82) is 0 Å². The van der Waals surface area contributed by atoms with Crippen LogP contribution in [0.15, 0.2) is 280 Å². The maximum atomic E-state index is 7.71. The first-order chi connectivity index (χ1) is 42.8. The standard InChI is InChI=1S/C80H60N4O3/c1-4-22-58-56-32-19-41-69(75(56)86-77(58)81)84(54-30-18-28-52(46-54)50-25-9-6-10-26-50)74-72-60-31-11-12-35-62(60)80(65-38-15-13-36-63(65)79(2,3)64-37-14-16-39-66(64)80)67(72)48-71-73(74)61-43-42-55(47-70(61)85-71)83(53-29-17-27-51(45-53)49-23-7-5-8-24-49)68-40-20-33-57-59-34-21-44-82-78(59)87-76(57)68/h4-48,60,62-63,65H,81H2,1-3H3/b22-4-. The summed E-state index contributed by atoms with van der Waals surface area (Å²) >= 11 is 0. The van der Waals surface area contributed by atoms with Crippen LogP contribution < -0.4 is 15.5 Å². The molecule has 7 heteroatoms. The third kappa shape index (κ3) is 7.45. The van der Waals surface area contributed by atoms with Crippen LogP contribution >= 0.6 is 0 Å². The number of anilines is 7. The number of rotatable bonds is 9. The van der Waals surface area contributed by atoms with E-state index in [0.29, 0.717) is 17.2 Å². The van der Waals surface area contributed by atoms with E-state index in [1.807, 2.05) is 19.1 Å². The molecule has 1 spiro atoms. The van der Waals surface area contributed by atoms with Gasteiger partial charge in [-0.25, -0.2) is 4.98 Å². The molecule has 0 saturated heterocycles. The van der Waals surface area contributed by atoms with E-state index < -0.39 is 5.41 Å². The number of pyridine rings is 1. The fourth-order valence-corrected chi connectivity index (χ4v) is 15.9. The van der Waals surface area contributed by atoms with E-state index in [4.69, 9.17) is 24.0 Å². The monoisotopic (exact) mass is 1120 g/mol.